The maximum atomic E-state index is 13.1. The molecule has 0 radical (unpaired) electrons. The monoisotopic (exact) mass is 363 g/mol. The Morgan fingerprint density at radius 2 is 2.16 bits per heavy atom. The number of aromatic nitrogens is 1. The van der Waals surface area contributed by atoms with Crippen molar-refractivity contribution in [3.63, 3.8) is 0 Å². The topological polar surface area (TPSA) is 57.4 Å². The van der Waals surface area contributed by atoms with Gasteiger partial charge in [0, 0.05) is 36.0 Å². The Balaban J connectivity index is 0.00000182. The van der Waals surface area contributed by atoms with Crippen molar-refractivity contribution in [1.29, 1.82) is 0 Å². The van der Waals surface area contributed by atoms with E-state index in [1.807, 2.05) is 30.0 Å². The Labute approximate surface area is 154 Å². The molecule has 1 spiro atoms. The first kappa shape index (κ1) is 18.1. The zero-order valence-electron chi connectivity index (χ0n) is 14.9. The van der Waals surface area contributed by atoms with Gasteiger partial charge in [-0.15, -0.1) is 12.4 Å². The van der Waals surface area contributed by atoms with E-state index >= 15 is 0 Å². The minimum atomic E-state index is 0. The smallest absolute Gasteiger partial charge is 0.270 e. The normalized spacial score (nSPS) is 23.0. The van der Waals surface area contributed by atoms with Crippen LogP contribution < -0.4 is 10.1 Å². The van der Waals surface area contributed by atoms with E-state index in [2.05, 4.69) is 10.3 Å². The molecule has 2 aromatic rings. The molecule has 5 nitrogen and oxygen atoms in total. The molecule has 6 heteroatoms. The number of nitrogens with one attached hydrogen (secondary N) is 2. The summed E-state index contributed by atoms with van der Waals surface area (Å²) in [5.41, 5.74) is 3.01. The first-order chi connectivity index (χ1) is 11.6. The zero-order valence-corrected chi connectivity index (χ0v) is 15.7. The molecule has 2 saturated heterocycles. The number of H-pyrrole nitrogens is 1. The lowest BCUT2D eigenvalue weighted by atomic mass is 9.80. The van der Waals surface area contributed by atoms with Crippen molar-refractivity contribution in [2.45, 2.75) is 26.2 Å². The fourth-order valence-corrected chi connectivity index (χ4v) is 4.29. The molecular formula is C19H26ClN3O2. The highest BCUT2D eigenvalue weighted by Crippen LogP contribution is 2.37. The van der Waals surface area contributed by atoms with Crippen LogP contribution in [0.3, 0.4) is 0 Å². The fourth-order valence-electron chi connectivity index (χ4n) is 4.29. The Hall–Kier alpha value is -1.72. The molecule has 25 heavy (non-hydrogen) atoms. The average molecular weight is 364 g/mol. The maximum Gasteiger partial charge on any atom is 0.270 e. The number of hydrogen-bond donors (Lipinski definition) is 2. The van der Waals surface area contributed by atoms with Crippen LogP contribution in [0.4, 0.5) is 0 Å². The second kappa shape index (κ2) is 6.89. The van der Waals surface area contributed by atoms with Crippen molar-refractivity contribution in [1.82, 2.24) is 15.2 Å². The molecular weight excluding hydrogens is 338 g/mol. The number of carbonyl (C=O) groups is 1. The van der Waals surface area contributed by atoms with Gasteiger partial charge in [-0.05, 0) is 56.5 Å². The van der Waals surface area contributed by atoms with Crippen LogP contribution in [0.2, 0.25) is 0 Å². The predicted octanol–water partition coefficient (Wildman–Crippen LogP) is 3.12. The standard InChI is InChI=1S/C19H25N3O2.ClH/c1-13-15-10-14(24-2)4-5-16(15)21-17(13)18(23)22-9-7-19(12-22)6-3-8-20-11-19;/h4-5,10,20-21H,3,6-9,11-12H2,1-2H3;1H. The van der Waals surface area contributed by atoms with Crippen LogP contribution in [-0.4, -0.2) is 49.1 Å². The van der Waals surface area contributed by atoms with Gasteiger partial charge in [0.25, 0.3) is 5.91 Å². The summed E-state index contributed by atoms with van der Waals surface area (Å²) in [5.74, 6) is 0.946. The quantitative estimate of drug-likeness (QED) is 0.861. The highest BCUT2D eigenvalue weighted by Gasteiger charge is 2.41. The van der Waals surface area contributed by atoms with Crippen molar-refractivity contribution in [2.24, 2.45) is 5.41 Å². The molecule has 0 bridgehead atoms. The summed E-state index contributed by atoms with van der Waals surface area (Å²) in [5, 5.41) is 4.56. The van der Waals surface area contributed by atoms with Gasteiger partial charge in [-0.3, -0.25) is 4.79 Å². The molecule has 0 aliphatic carbocycles. The first-order valence-electron chi connectivity index (χ1n) is 8.78. The largest absolute Gasteiger partial charge is 0.497 e. The Morgan fingerprint density at radius 1 is 1.32 bits per heavy atom. The Morgan fingerprint density at radius 3 is 2.88 bits per heavy atom. The number of methoxy groups -OCH3 is 1. The minimum Gasteiger partial charge on any atom is -0.497 e. The van der Waals surface area contributed by atoms with Crippen LogP contribution in [0, 0.1) is 12.3 Å². The van der Waals surface area contributed by atoms with Gasteiger partial charge in [0.2, 0.25) is 0 Å². The van der Waals surface area contributed by atoms with Gasteiger partial charge in [0.05, 0.1) is 7.11 Å². The van der Waals surface area contributed by atoms with Crippen LogP contribution >= 0.6 is 12.4 Å². The Bertz CT molecular complexity index is 780. The number of nitrogens with zero attached hydrogens (tertiary/aromatic N) is 1. The van der Waals surface area contributed by atoms with E-state index in [9.17, 15) is 4.79 Å². The number of aryl methyl sites for hydroxylation is 1. The number of amides is 1. The number of piperidine rings is 1. The number of likely N-dealkylation sites (tertiary alicyclic amines) is 1. The summed E-state index contributed by atoms with van der Waals surface area (Å²) in [4.78, 5) is 18.4. The van der Waals surface area contributed by atoms with Crippen LogP contribution in [0.5, 0.6) is 5.75 Å². The first-order valence-corrected chi connectivity index (χ1v) is 8.78. The number of ether oxygens (including phenoxy) is 1. The lowest BCUT2D eigenvalue weighted by Gasteiger charge is -2.33. The number of fused-ring (bicyclic) bond motifs is 1. The summed E-state index contributed by atoms with van der Waals surface area (Å²) in [6.07, 6.45) is 3.55. The molecule has 3 heterocycles. The lowest BCUT2D eigenvalue weighted by molar-refractivity contribution is 0.0758. The summed E-state index contributed by atoms with van der Waals surface area (Å²) in [6, 6.07) is 5.90. The highest BCUT2D eigenvalue weighted by molar-refractivity contribution is 6.01. The second-order valence-electron chi connectivity index (χ2n) is 7.29. The third-order valence-electron chi connectivity index (χ3n) is 5.77. The van der Waals surface area contributed by atoms with Crippen molar-refractivity contribution < 1.29 is 9.53 Å². The summed E-state index contributed by atoms with van der Waals surface area (Å²) in [7, 11) is 1.66. The zero-order chi connectivity index (χ0) is 16.7. The summed E-state index contributed by atoms with van der Waals surface area (Å²) in [6.45, 7) is 5.90. The molecule has 136 valence electrons. The van der Waals surface area contributed by atoms with Crippen molar-refractivity contribution in [3.8, 4) is 5.75 Å². The number of carbonyl (C=O) groups excluding carboxylic acids is 1. The molecule has 1 atom stereocenters. The maximum absolute atomic E-state index is 13.1. The molecule has 1 aromatic carbocycles. The van der Waals surface area contributed by atoms with Crippen LogP contribution in [-0.2, 0) is 0 Å². The SMILES string of the molecule is COc1ccc2[nH]c(C(=O)N3CCC4(CCCNC4)C3)c(C)c2c1.Cl. The molecule has 2 aliphatic rings. The molecule has 1 aromatic heterocycles. The van der Waals surface area contributed by atoms with E-state index in [0.29, 0.717) is 0 Å². The van der Waals surface area contributed by atoms with Gasteiger partial charge >= 0.3 is 0 Å². The van der Waals surface area contributed by atoms with Gasteiger partial charge in [-0.1, -0.05) is 0 Å². The van der Waals surface area contributed by atoms with Gasteiger partial charge in [0.15, 0.2) is 0 Å². The molecule has 1 amide bonds. The number of halogens is 1. The molecule has 2 fully saturated rings. The average Bonchev–Trinajstić information content (AvgIpc) is 3.17. The minimum absolute atomic E-state index is 0. The lowest BCUT2D eigenvalue weighted by Crippen LogP contribution is -2.42. The van der Waals surface area contributed by atoms with E-state index in [1.54, 1.807) is 7.11 Å². The number of benzene rings is 1. The predicted molar refractivity (Wildman–Crippen MR) is 102 cm³/mol. The summed E-state index contributed by atoms with van der Waals surface area (Å²) < 4.78 is 5.31. The highest BCUT2D eigenvalue weighted by atomic mass is 35.5. The molecule has 1 unspecified atom stereocenters. The molecule has 0 saturated carbocycles. The third-order valence-corrected chi connectivity index (χ3v) is 5.77. The van der Waals surface area contributed by atoms with E-state index < -0.39 is 0 Å². The fraction of sp³-hybridized carbons (Fsp3) is 0.526. The summed E-state index contributed by atoms with van der Waals surface area (Å²) >= 11 is 0. The second-order valence-corrected chi connectivity index (χ2v) is 7.29. The van der Waals surface area contributed by atoms with E-state index in [1.165, 1.54) is 12.8 Å². The number of hydrogen-bond acceptors (Lipinski definition) is 3. The van der Waals surface area contributed by atoms with Crippen molar-refractivity contribution in [3.05, 3.63) is 29.5 Å². The number of rotatable bonds is 2. The van der Waals surface area contributed by atoms with E-state index in [0.717, 1.165) is 60.5 Å². The molecule has 2 N–H and O–H groups in total. The van der Waals surface area contributed by atoms with E-state index in [-0.39, 0.29) is 23.7 Å². The van der Waals surface area contributed by atoms with E-state index in [4.69, 9.17) is 4.74 Å². The van der Waals surface area contributed by atoms with Crippen molar-refractivity contribution in [2.75, 3.05) is 33.3 Å². The Kier molecular flexibility index (Phi) is 4.98. The van der Waals surface area contributed by atoms with Gasteiger partial charge in [-0.2, -0.15) is 0 Å². The molecule has 2 aliphatic heterocycles. The third kappa shape index (κ3) is 3.11. The van der Waals surface area contributed by atoms with Crippen LogP contribution in [0.25, 0.3) is 10.9 Å². The van der Waals surface area contributed by atoms with Gasteiger partial charge in [-0.25, -0.2) is 0 Å². The van der Waals surface area contributed by atoms with Crippen LogP contribution in [0.1, 0.15) is 35.3 Å². The van der Waals surface area contributed by atoms with Gasteiger partial charge < -0.3 is 19.9 Å². The molecule has 4 rings (SSSR count). The number of aromatic amines is 1. The van der Waals surface area contributed by atoms with Crippen molar-refractivity contribution >= 4 is 29.2 Å². The van der Waals surface area contributed by atoms with Gasteiger partial charge in [0.1, 0.15) is 11.4 Å². The van der Waals surface area contributed by atoms with Crippen LogP contribution in [0.15, 0.2) is 18.2 Å².